The second-order valence-corrected chi connectivity index (χ2v) is 5.45. The van der Waals surface area contributed by atoms with E-state index >= 15 is 0 Å². The number of nitrogens with zero attached hydrogens (tertiary/aromatic N) is 3. The second-order valence-electron chi connectivity index (χ2n) is 5.11. The standard InChI is InChI=1S/C16H22ClN3/c1-3-5-12-14(9-4-2)20-15(18-19-16(20)17)13-10-7-6-8-11-13/h6-8,10-11,14H,3-5,9,12H2,1-2H3. The van der Waals surface area contributed by atoms with Crippen molar-refractivity contribution in [3.63, 3.8) is 0 Å². The number of rotatable bonds is 7. The fourth-order valence-corrected chi connectivity index (χ4v) is 2.81. The van der Waals surface area contributed by atoms with E-state index in [9.17, 15) is 0 Å². The van der Waals surface area contributed by atoms with Crippen molar-refractivity contribution in [2.24, 2.45) is 0 Å². The van der Waals surface area contributed by atoms with Gasteiger partial charge < -0.3 is 0 Å². The Balaban J connectivity index is 2.36. The highest BCUT2D eigenvalue weighted by Crippen LogP contribution is 2.30. The highest BCUT2D eigenvalue weighted by atomic mass is 35.5. The van der Waals surface area contributed by atoms with Gasteiger partial charge in [0.25, 0.3) is 0 Å². The first-order chi connectivity index (χ1) is 9.77. The fraction of sp³-hybridized carbons (Fsp3) is 0.500. The minimum atomic E-state index is 0.387. The Labute approximate surface area is 126 Å². The summed E-state index contributed by atoms with van der Waals surface area (Å²) in [6, 6.07) is 10.5. The molecule has 0 aliphatic heterocycles. The van der Waals surface area contributed by atoms with Gasteiger partial charge in [0, 0.05) is 11.6 Å². The Kier molecular flexibility index (Phi) is 5.60. The zero-order valence-electron chi connectivity index (χ0n) is 12.2. The van der Waals surface area contributed by atoms with Crippen LogP contribution in [0.4, 0.5) is 0 Å². The molecule has 0 aliphatic rings. The van der Waals surface area contributed by atoms with Gasteiger partial charge in [-0.2, -0.15) is 0 Å². The van der Waals surface area contributed by atoms with Crippen molar-refractivity contribution in [2.45, 2.75) is 52.0 Å². The van der Waals surface area contributed by atoms with Crippen LogP contribution in [0.25, 0.3) is 11.4 Å². The van der Waals surface area contributed by atoms with Crippen LogP contribution in [-0.4, -0.2) is 14.8 Å². The summed E-state index contributed by atoms with van der Waals surface area (Å²) in [6.07, 6.45) is 5.77. The number of halogens is 1. The van der Waals surface area contributed by atoms with Gasteiger partial charge >= 0.3 is 0 Å². The molecule has 108 valence electrons. The molecule has 0 radical (unpaired) electrons. The van der Waals surface area contributed by atoms with Gasteiger partial charge in [0.1, 0.15) is 0 Å². The molecule has 1 atom stereocenters. The average Bonchev–Trinajstić information content (AvgIpc) is 2.86. The number of aromatic nitrogens is 3. The molecule has 2 rings (SSSR count). The van der Waals surface area contributed by atoms with Crippen molar-refractivity contribution < 1.29 is 0 Å². The molecule has 3 nitrogen and oxygen atoms in total. The summed E-state index contributed by atoms with van der Waals surface area (Å²) in [5.41, 5.74) is 1.07. The van der Waals surface area contributed by atoms with E-state index in [1.165, 1.54) is 12.8 Å². The van der Waals surface area contributed by atoms with E-state index in [0.29, 0.717) is 11.3 Å². The Bertz CT molecular complexity index is 522. The molecule has 1 unspecified atom stereocenters. The molecule has 1 heterocycles. The summed E-state index contributed by atoms with van der Waals surface area (Å²) in [5, 5.41) is 8.86. The van der Waals surface area contributed by atoms with E-state index in [4.69, 9.17) is 11.6 Å². The third kappa shape index (κ3) is 3.40. The normalized spacial score (nSPS) is 12.6. The molecule has 2 aromatic rings. The maximum atomic E-state index is 6.29. The zero-order chi connectivity index (χ0) is 14.4. The summed E-state index contributed by atoms with van der Waals surface area (Å²) in [5.74, 6) is 0.880. The molecule has 0 spiro atoms. The van der Waals surface area contributed by atoms with Crippen molar-refractivity contribution in [1.82, 2.24) is 14.8 Å². The highest BCUT2D eigenvalue weighted by Gasteiger charge is 2.19. The first-order valence-electron chi connectivity index (χ1n) is 7.43. The molecule has 0 bridgehead atoms. The van der Waals surface area contributed by atoms with Gasteiger partial charge in [-0.05, 0) is 24.4 Å². The Morgan fingerprint density at radius 1 is 1.05 bits per heavy atom. The van der Waals surface area contributed by atoms with E-state index in [0.717, 1.165) is 30.7 Å². The predicted molar refractivity (Wildman–Crippen MR) is 83.9 cm³/mol. The quantitative estimate of drug-likeness (QED) is 0.708. The maximum absolute atomic E-state index is 6.29. The predicted octanol–water partition coefficient (Wildman–Crippen LogP) is 5.13. The Hall–Kier alpha value is -1.35. The molecular weight excluding hydrogens is 270 g/mol. The van der Waals surface area contributed by atoms with Crippen LogP contribution in [0.2, 0.25) is 5.28 Å². The van der Waals surface area contributed by atoms with Gasteiger partial charge in [0.2, 0.25) is 5.28 Å². The van der Waals surface area contributed by atoms with Crippen molar-refractivity contribution in [1.29, 1.82) is 0 Å². The molecule has 0 amide bonds. The van der Waals surface area contributed by atoms with Gasteiger partial charge in [-0.15, -0.1) is 10.2 Å². The number of unbranched alkanes of at least 4 members (excludes halogenated alkanes) is 1. The summed E-state index contributed by atoms with van der Waals surface area (Å²) in [6.45, 7) is 4.42. The molecule has 0 aliphatic carbocycles. The molecular formula is C16H22ClN3. The van der Waals surface area contributed by atoms with E-state index in [2.05, 4.69) is 40.7 Å². The molecule has 0 saturated heterocycles. The summed E-state index contributed by atoms with van der Waals surface area (Å²) >= 11 is 6.29. The number of benzene rings is 1. The van der Waals surface area contributed by atoms with Gasteiger partial charge in [0.05, 0.1) is 0 Å². The largest absolute Gasteiger partial charge is 0.295 e. The lowest BCUT2D eigenvalue weighted by Crippen LogP contribution is -2.11. The van der Waals surface area contributed by atoms with Crippen LogP contribution in [0, 0.1) is 0 Å². The van der Waals surface area contributed by atoms with Crippen LogP contribution in [0.15, 0.2) is 30.3 Å². The molecule has 20 heavy (non-hydrogen) atoms. The maximum Gasteiger partial charge on any atom is 0.225 e. The van der Waals surface area contributed by atoms with Crippen LogP contribution in [0.1, 0.15) is 52.0 Å². The Morgan fingerprint density at radius 2 is 1.80 bits per heavy atom. The van der Waals surface area contributed by atoms with Crippen molar-refractivity contribution >= 4 is 11.6 Å². The monoisotopic (exact) mass is 291 g/mol. The SMILES string of the molecule is CCCCC(CCC)n1c(Cl)nnc1-c1ccccc1. The zero-order valence-corrected chi connectivity index (χ0v) is 13.0. The van der Waals surface area contributed by atoms with Crippen LogP contribution in [0.5, 0.6) is 0 Å². The van der Waals surface area contributed by atoms with Crippen LogP contribution < -0.4 is 0 Å². The summed E-state index contributed by atoms with van der Waals surface area (Å²) in [4.78, 5) is 0. The number of hydrogen-bond acceptors (Lipinski definition) is 2. The van der Waals surface area contributed by atoms with Crippen molar-refractivity contribution in [3.05, 3.63) is 35.6 Å². The fourth-order valence-electron chi connectivity index (χ4n) is 2.56. The van der Waals surface area contributed by atoms with Crippen LogP contribution in [0.3, 0.4) is 0 Å². The first kappa shape index (κ1) is 15.0. The summed E-state index contributed by atoms with van der Waals surface area (Å²) in [7, 11) is 0. The lowest BCUT2D eigenvalue weighted by atomic mass is 10.0. The molecule has 0 fully saturated rings. The van der Waals surface area contributed by atoms with Crippen molar-refractivity contribution in [3.8, 4) is 11.4 Å². The lowest BCUT2D eigenvalue weighted by molar-refractivity contribution is 0.420. The van der Waals surface area contributed by atoms with Gasteiger partial charge in [-0.1, -0.05) is 63.4 Å². The third-order valence-electron chi connectivity index (χ3n) is 3.56. The van der Waals surface area contributed by atoms with Crippen molar-refractivity contribution in [2.75, 3.05) is 0 Å². The Morgan fingerprint density at radius 3 is 2.45 bits per heavy atom. The topological polar surface area (TPSA) is 30.7 Å². The molecule has 4 heteroatoms. The molecule has 0 saturated carbocycles. The smallest absolute Gasteiger partial charge is 0.225 e. The van der Waals surface area contributed by atoms with E-state index < -0.39 is 0 Å². The minimum Gasteiger partial charge on any atom is -0.295 e. The number of hydrogen-bond donors (Lipinski definition) is 0. The molecule has 0 N–H and O–H groups in total. The van der Waals surface area contributed by atoms with Crippen LogP contribution in [-0.2, 0) is 0 Å². The van der Waals surface area contributed by atoms with Crippen LogP contribution >= 0.6 is 11.6 Å². The average molecular weight is 292 g/mol. The van der Waals surface area contributed by atoms with E-state index in [1.54, 1.807) is 0 Å². The van der Waals surface area contributed by atoms with Gasteiger partial charge in [0.15, 0.2) is 5.82 Å². The summed E-state index contributed by atoms with van der Waals surface area (Å²) < 4.78 is 2.11. The molecule has 1 aromatic heterocycles. The third-order valence-corrected chi connectivity index (χ3v) is 3.82. The van der Waals surface area contributed by atoms with E-state index in [-0.39, 0.29) is 0 Å². The first-order valence-corrected chi connectivity index (χ1v) is 7.81. The van der Waals surface area contributed by atoms with E-state index in [1.807, 2.05) is 18.2 Å². The van der Waals surface area contributed by atoms with Gasteiger partial charge in [-0.25, -0.2) is 0 Å². The van der Waals surface area contributed by atoms with Gasteiger partial charge in [-0.3, -0.25) is 4.57 Å². The highest BCUT2D eigenvalue weighted by molar-refractivity contribution is 6.28. The lowest BCUT2D eigenvalue weighted by Gasteiger charge is -2.20. The minimum absolute atomic E-state index is 0.387. The second kappa shape index (κ2) is 7.44. The molecule has 1 aromatic carbocycles.